The fourth-order valence-corrected chi connectivity index (χ4v) is 1.06. The molecule has 0 rings (SSSR count). The summed E-state index contributed by atoms with van der Waals surface area (Å²) in [6.45, 7) is 4.89. The number of nitrogens with two attached hydrogens (primary N) is 1. The maximum Gasteiger partial charge on any atom is 0.237 e. The second-order valence-corrected chi connectivity index (χ2v) is 4.02. The number of rotatable bonds is 6. The lowest BCUT2D eigenvalue weighted by molar-refractivity contribution is -0.123. The van der Waals surface area contributed by atoms with E-state index in [0.717, 1.165) is 13.0 Å². The van der Waals surface area contributed by atoms with Crippen LogP contribution in [0, 0.1) is 0 Å². The zero-order valence-corrected chi connectivity index (χ0v) is 9.71. The lowest BCUT2D eigenvalue weighted by atomic mass is 10.2. The lowest BCUT2D eigenvalue weighted by Crippen LogP contribution is -2.44. The van der Waals surface area contributed by atoms with Gasteiger partial charge in [-0.1, -0.05) is 6.92 Å². The molecule has 0 saturated heterocycles. The molecule has 0 radical (unpaired) electrons. The van der Waals surface area contributed by atoms with E-state index in [-0.39, 0.29) is 18.0 Å². The van der Waals surface area contributed by atoms with E-state index >= 15 is 0 Å². The van der Waals surface area contributed by atoms with Crippen LogP contribution in [0.15, 0.2) is 0 Å². The molecule has 0 saturated carbocycles. The summed E-state index contributed by atoms with van der Waals surface area (Å²) >= 11 is 0. The van der Waals surface area contributed by atoms with Crippen molar-refractivity contribution in [3.63, 3.8) is 0 Å². The van der Waals surface area contributed by atoms with E-state index < -0.39 is 0 Å². The van der Waals surface area contributed by atoms with Gasteiger partial charge in [-0.25, -0.2) is 0 Å². The van der Waals surface area contributed by atoms with Gasteiger partial charge in [-0.05, 0) is 40.4 Å². The van der Waals surface area contributed by atoms with Gasteiger partial charge >= 0.3 is 0 Å². The van der Waals surface area contributed by atoms with E-state index in [4.69, 9.17) is 5.73 Å². The van der Waals surface area contributed by atoms with Crippen LogP contribution in [0.5, 0.6) is 0 Å². The Morgan fingerprint density at radius 2 is 2.07 bits per heavy atom. The van der Waals surface area contributed by atoms with Crippen molar-refractivity contribution in [3.05, 3.63) is 0 Å². The fraction of sp³-hybridized carbons (Fsp3) is 0.900. The molecule has 0 bridgehead atoms. The van der Waals surface area contributed by atoms with Crippen molar-refractivity contribution in [1.29, 1.82) is 0 Å². The fourth-order valence-electron chi connectivity index (χ4n) is 1.06. The first-order valence-electron chi connectivity index (χ1n) is 5.18. The summed E-state index contributed by atoms with van der Waals surface area (Å²) in [5.41, 5.74) is 5.60. The monoisotopic (exact) mass is 201 g/mol. The highest BCUT2D eigenvalue weighted by Crippen LogP contribution is 1.94. The Bertz CT molecular complexity index is 171. The van der Waals surface area contributed by atoms with Gasteiger partial charge in [-0.2, -0.15) is 0 Å². The molecule has 0 aliphatic rings. The Hall–Kier alpha value is -0.610. The number of amides is 1. The summed E-state index contributed by atoms with van der Waals surface area (Å²) in [5.74, 6) is -0.0428. The molecule has 2 unspecified atom stereocenters. The van der Waals surface area contributed by atoms with Crippen LogP contribution in [-0.4, -0.2) is 43.5 Å². The third kappa shape index (κ3) is 5.94. The Morgan fingerprint density at radius 1 is 1.50 bits per heavy atom. The Balaban J connectivity index is 3.71. The Kier molecular flexibility index (Phi) is 6.49. The van der Waals surface area contributed by atoms with Crippen molar-refractivity contribution in [2.75, 3.05) is 20.6 Å². The summed E-state index contributed by atoms with van der Waals surface area (Å²) < 4.78 is 0. The molecule has 0 aromatic rings. The highest BCUT2D eigenvalue weighted by Gasteiger charge is 2.13. The number of hydrogen-bond acceptors (Lipinski definition) is 3. The number of carbonyl (C=O) groups is 1. The Labute approximate surface area is 86.8 Å². The van der Waals surface area contributed by atoms with Gasteiger partial charge in [0.15, 0.2) is 0 Å². The van der Waals surface area contributed by atoms with Crippen molar-refractivity contribution in [2.24, 2.45) is 5.73 Å². The van der Waals surface area contributed by atoms with Crippen LogP contribution < -0.4 is 11.1 Å². The summed E-state index contributed by atoms with van der Waals surface area (Å²) in [4.78, 5) is 13.5. The first-order chi connectivity index (χ1) is 6.47. The summed E-state index contributed by atoms with van der Waals surface area (Å²) in [6.07, 6.45) is 1.64. The number of nitrogens with one attached hydrogen (secondary N) is 1. The van der Waals surface area contributed by atoms with E-state index in [2.05, 4.69) is 10.2 Å². The molecule has 0 aromatic carbocycles. The van der Waals surface area contributed by atoms with Crippen LogP contribution in [0.2, 0.25) is 0 Å². The largest absolute Gasteiger partial charge is 0.352 e. The topological polar surface area (TPSA) is 58.4 Å². The molecule has 0 aliphatic heterocycles. The van der Waals surface area contributed by atoms with Gasteiger partial charge in [0.25, 0.3) is 0 Å². The molecule has 84 valence electrons. The minimum absolute atomic E-state index is 0.0428. The smallest absolute Gasteiger partial charge is 0.237 e. The molecule has 3 N–H and O–H groups in total. The van der Waals surface area contributed by atoms with Crippen LogP contribution in [0.1, 0.15) is 26.7 Å². The second kappa shape index (κ2) is 6.79. The van der Waals surface area contributed by atoms with Gasteiger partial charge in [0.05, 0.1) is 6.04 Å². The maximum atomic E-state index is 11.4. The van der Waals surface area contributed by atoms with Gasteiger partial charge < -0.3 is 16.0 Å². The average Bonchev–Trinajstić information content (AvgIpc) is 2.13. The van der Waals surface area contributed by atoms with Crippen LogP contribution in [-0.2, 0) is 4.79 Å². The Morgan fingerprint density at radius 3 is 2.50 bits per heavy atom. The summed E-state index contributed by atoms with van der Waals surface area (Å²) in [6, 6.07) is -0.167. The lowest BCUT2D eigenvalue weighted by Gasteiger charge is -2.18. The zero-order valence-electron chi connectivity index (χ0n) is 9.71. The molecule has 14 heavy (non-hydrogen) atoms. The molecular weight excluding hydrogens is 178 g/mol. The van der Waals surface area contributed by atoms with Crippen LogP contribution >= 0.6 is 0 Å². The van der Waals surface area contributed by atoms with Gasteiger partial charge in [0.1, 0.15) is 0 Å². The maximum absolute atomic E-state index is 11.4. The van der Waals surface area contributed by atoms with E-state index in [0.29, 0.717) is 6.42 Å². The predicted octanol–water partition coefficient (Wildman–Crippen LogP) is 0.180. The molecule has 0 aromatic heterocycles. The molecular formula is C10H23N3O. The molecule has 0 fully saturated rings. The van der Waals surface area contributed by atoms with Crippen LogP contribution in [0.25, 0.3) is 0 Å². The highest BCUT2D eigenvalue weighted by atomic mass is 16.2. The number of carbonyl (C=O) groups excluding carboxylic acids is 1. The number of nitrogens with zero attached hydrogens (tertiary/aromatic N) is 1. The van der Waals surface area contributed by atoms with Crippen molar-refractivity contribution in [2.45, 2.75) is 38.8 Å². The molecule has 0 aliphatic carbocycles. The van der Waals surface area contributed by atoms with Crippen LogP contribution in [0.4, 0.5) is 0 Å². The molecule has 0 spiro atoms. The van der Waals surface area contributed by atoms with E-state index in [1.165, 1.54) is 0 Å². The van der Waals surface area contributed by atoms with Gasteiger partial charge in [0.2, 0.25) is 5.91 Å². The van der Waals surface area contributed by atoms with Gasteiger partial charge in [0, 0.05) is 6.04 Å². The quantitative estimate of drug-likeness (QED) is 0.644. The molecule has 4 heteroatoms. The van der Waals surface area contributed by atoms with Crippen molar-refractivity contribution in [3.8, 4) is 0 Å². The highest BCUT2D eigenvalue weighted by molar-refractivity contribution is 5.81. The van der Waals surface area contributed by atoms with Crippen LogP contribution in [0.3, 0.4) is 0 Å². The van der Waals surface area contributed by atoms with Gasteiger partial charge in [-0.3, -0.25) is 4.79 Å². The second-order valence-electron chi connectivity index (χ2n) is 4.02. The SMILES string of the molecule is CCC(N)C(=O)NC(C)CCN(C)C. The third-order valence-corrected chi connectivity index (χ3v) is 2.17. The normalized spacial score (nSPS) is 15.3. The predicted molar refractivity (Wildman–Crippen MR) is 59.0 cm³/mol. The first-order valence-corrected chi connectivity index (χ1v) is 5.18. The number of hydrogen-bond donors (Lipinski definition) is 2. The average molecular weight is 201 g/mol. The summed E-state index contributed by atoms with van der Waals surface area (Å²) in [5, 5.41) is 2.90. The van der Waals surface area contributed by atoms with E-state index in [9.17, 15) is 4.79 Å². The van der Waals surface area contributed by atoms with E-state index in [1.54, 1.807) is 0 Å². The van der Waals surface area contributed by atoms with Crippen molar-refractivity contribution in [1.82, 2.24) is 10.2 Å². The molecule has 4 nitrogen and oxygen atoms in total. The van der Waals surface area contributed by atoms with E-state index in [1.807, 2.05) is 27.9 Å². The minimum Gasteiger partial charge on any atom is -0.352 e. The standard InChI is InChI=1S/C10H23N3O/c1-5-9(11)10(14)12-8(2)6-7-13(3)4/h8-9H,5-7,11H2,1-4H3,(H,12,14). The molecule has 1 amide bonds. The zero-order chi connectivity index (χ0) is 11.1. The summed E-state index contributed by atoms with van der Waals surface area (Å²) in [7, 11) is 4.04. The van der Waals surface area contributed by atoms with Crippen molar-refractivity contribution < 1.29 is 4.79 Å². The minimum atomic E-state index is -0.364. The third-order valence-electron chi connectivity index (χ3n) is 2.17. The van der Waals surface area contributed by atoms with Crippen molar-refractivity contribution >= 4 is 5.91 Å². The molecule has 0 heterocycles. The molecule has 2 atom stereocenters. The first kappa shape index (κ1) is 13.4. The van der Waals surface area contributed by atoms with Gasteiger partial charge in [-0.15, -0.1) is 0 Å².